The Balaban J connectivity index is 1.55. The molecule has 6 nitrogen and oxygen atoms in total. The summed E-state index contributed by atoms with van der Waals surface area (Å²) >= 11 is 0. The Morgan fingerprint density at radius 2 is 1.79 bits per heavy atom. The molecular weight excluding hydrogens is 352 g/mol. The normalized spacial score (nSPS) is 11.8. The molecule has 2 aromatic heterocycles. The molecule has 0 aliphatic carbocycles. The van der Waals surface area contributed by atoms with Crippen molar-refractivity contribution in [3.05, 3.63) is 77.6 Å². The van der Waals surface area contributed by atoms with Crippen LogP contribution >= 0.6 is 0 Å². The number of nitrogens with one attached hydrogen (secondary N) is 2. The fraction of sp³-hybridized carbons (Fsp3) is 0.364. The second-order valence-electron chi connectivity index (χ2n) is 6.96. The Morgan fingerprint density at radius 1 is 1.00 bits per heavy atom. The molecule has 0 amide bonds. The molecular formula is C22H28N4O2. The first-order chi connectivity index (χ1) is 13.7. The highest BCUT2D eigenvalue weighted by molar-refractivity contribution is 5.79. The molecule has 0 bridgehead atoms. The molecule has 0 saturated heterocycles. The average Bonchev–Trinajstić information content (AvgIpc) is 3.38. The fourth-order valence-electron chi connectivity index (χ4n) is 2.74. The van der Waals surface area contributed by atoms with Gasteiger partial charge in [-0.25, -0.2) is 4.99 Å². The van der Waals surface area contributed by atoms with Gasteiger partial charge >= 0.3 is 0 Å². The quantitative estimate of drug-likeness (QED) is 0.435. The molecule has 0 spiro atoms. The van der Waals surface area contributed by atoms with E-state index in [1.165, 1.54) is 5.56 Å². The van der Waals surface area contributed by atoms with Gasteiger partial charge in [0.05, 0.1) is 12.0 Å². The lowest BCUT2D eigenvalue weighted by Gasteiger charge is -2.12. The van der Waals surface area contributed by atoms with Crippen molar-refractivity contribution in [3.63, 3.8) is 0 Å². The van der Waals surface area contributed by atoms with Crippen LogP contribution in [0.25, 0.3) is 0 Å². The number of rotatable bonds is 9. The van der Waals surface area contributed by atoms with Crippen molar-refractivity contribution in [2.45, 2.75) is 39.2 Å². The van der Waals surface area contributed by atoms with Crippen molar-refractivity contribution < 1.29 is 8.94 Å². The Kier molecular flexibility index (Phi) is 7.29. The Bertz CT molecular complexity index is 839. The monoisotopic (exact) mass is 380 g/mol. The Hall–Kier alpha value is -3.02. The standard InChI is InChI=1S/C22H28N4O2/c1-17(2)21-15-20(28-26-21)16-25-22(24-13-11-19-9-6-14-27-19)23-12-10-18-7-4-3-5-8-18/h3-9,14-15,17H,10-13,16H2,1-2H3,(H2,23,24,25). The van der Waals surface area contributed by atoms with E-state index in [-0.39, 0.29) is 0 Å². The van der Waals surface area contributed by atoms with E-state index in [1.807, 2.05) is 24.3 Å². The molecule has 0 fully saturated rings. The van der Waals surface area contributed by atoms with Crippen LogP contribution in [0.3, 0.4) is 0 Å². The summed E-state index contributed by atoms with van der Waals surface area (Å²) in [6, 6.07) is 16.3. The number of aliphatic imine (C=N–C) groups is 1. The summed E-state index contributed by atoms with van der Waals surface area (Å²) in [5.41, 5.74) is 2.25. The number of guanidine groups is 1. The zero-order valence-electron chi connectivity index (χ0n) is 16.5. The van der Waals surface area contributed by atoms with Crippen molar-refractivity contribution in [1.29, 1.82) is 0 Å². The lowest BCUT2D eigenvalue weighted by atomic mass is 10.1. The van der Waals surface area contributed by atoms with Crippen LogP contribution in [0.5, 0.6) is 0 Å². The van der Waals surface area contributed by atoms with Gasteiger partial charge in [-0.2, -0.15) is 0 Å². The van der Waals surface area contributed by atoms with Crippen molar-refractivity contribution in [1.82, 2.24) is 15.8 Å². The van der Waals surface area contributed by atoms with Crippen LogP contribution in [0.4, 0.5) is 0 Å². The van der Waals surface area contributed by atoms with Crippen molar-refractivity contribution in [3.8, 4) is 0 Å². The van der Waals surface area contributed by atoms with Gasteiger partial charge < -0.3 is 19.6 Å². The molecule has 0 atom stereocenters. The smallest absolute Gasteiger partial charge is 0.191 e. The molecule has 0 aliphatic rings. The predicted molar refractivity (Wildman–Crippen MR) is 110 cm³/mol. The van der Waals surface area contributed by atoms with Gasteiger partial charge in [0.1, 0.15) is 12.3 Å². The Labute approximate surface area is 166 Å². The van der Waals surface area contributed by atoms with Crippen LogP contribution in [0, 0.1) is 0 Å². The van der Waals surface area contributed by atoms with E-state index in [0.29, 0.717) is 12.5 Å². The van der Waals surface area contributed by atoms with E-state index in [0.717, 1.165) is 49.1 Å². The van der Waals surface area contributed by atoms with Gasteiger partial charge in [0.25, 0.3) is 0 Å². The first-order valence-electron chi connectivity index (χ1n) is 9.74. The van der Waals surface area contributed by atoms with Gasteiger partial charge in [-0.15, -0.1) is 0 Å². The predicted octanol–water partition coefficient (Wildman–Crippen LogP) is 3.91. The molecule has 0 radical (unpaired) electrons. The molecule has 6 heteroatoms. The third kappa shape index (κ3) is 6.30. The van der Waals surface area contributed by atoms with Gasteiger partial charge in [-0.3, -0.25) is 0 Å². The lowest BCUT2D eigenvalue weighted by molar-refractivity contribution is 0.376. The van der Waals surface area contributed by atoms with Gasteiger partial charge in [0.2, 0.25) is 0 Å². The molecule has 0 saturated carbocycles. The topological polar surface area (TPSA) is 75.6 Å². The highest BCUT2D eigenvalue weighted by atomic mass is 16.5. The largest absolute Gasteiger partial charge is 0.469 e. The van der Waals surface area contributed by atoms with Crippen molar-refractivity contribution in [2.75, 3.05) is 13.1 Å². The third-order valence-corrected chi connectivity index (χ3v) is 4.35. The minimum atomic E-state index is 0.344. The molecule has 148 valence electrons. The number of aromatic nitrogens is 1. The maximum Gasteiger partial charge on any atom is 0.191 e. The molecule has 3 rings (SSSR count). The van der Waals surface area contributed by atoms with E-state index < -0.39 is 0 Å². The van der Waals surface area contributed by atoms with Gasteiger partial charge in [0.15, 0.2) is 11.7 Å². The first kappa shape index (κ1) is 19.7. The summed E-state index contributed by atoms with van der Waals surface area (Å²) in [6.45, 7) is 6.17. The Morgan fingerprint density at radius 3 is 2.46 bits per heavy atom. The fourth-order valence-corrected chi connectivity index (χ4v) is 2.74. The second kappa shape index (κ2) is 10.3. The van der Waals surface area contributed by atoms with Gasteiger partial charge in [0, 0.05) is 25.6 Å². The summed E-state index contributed by atoms with van der Waals surface area (Å²) in [5, 5.41) is 10.8. The third-order valence-electron chi connectivity index (χ3n) is 4.35. The maximum atomic E-state index is 5.39. The summed E-state index contributed by atoms with van der Waals surface area (Å²) in [7, 11) is 0. The summed E-state index contributed by atoms with van der Waals surface area (Å²) in [4.78, 5) is 4.65. The molecule has 2 N–H and O–H groups in total. The zero-order chi connectivity index (χ0) is 19.6. The van der Waals surface area contributed by atoms with Crippen LogP contribution in [-0.2, 0) is 19.4 Å². The van der Waals surface area contributed by atoms with E-state index in [9.17, 15) is 0 Å². The molecule has 2 heterocycles. The molecule has 28 heavy (non-hydrogen) atoms. The minimum absolute atomic E-state index is 0.344. The first-order valence-corrected chi connectivity index (χ1v) is 9.74. The summed E-state index contributed by atoms with van der Waals surface area (Å²) < 4.78 is 10.8. The number of benzene rings is 1. The summed E-state index contributed by atoms with van der Waals surface area (Å²) in [6.07, 6.45) is 3.42. The van der Waals surface area contributed by atoms with Crippen LogP contribution in [0.1, 0.15) is 42.5 Å². The SMILES string of the molecule is CC(C)c1cc(CN=C(NCCc2ccccc2)NCCc2ccco2)on1. The maximum absolute atomic E-state index is 5.39. The van der Waals surface area contributed by atoms with Crippen LogP contribution < -0.4 is 10.6 Å². The molecule has 0 aliphatic heterocycles. The van der Waals surface area contributed by atoms with Crippen molar-refractivity contribution >= 4 is 5.96 Å². The van der Waals surface area contributed by atoms with Crippen LogP contribution in [-0.4, -0.2) is 24.2 Å². The molecule has 0 unspecified atom stereocenters. The molecule has 3 aromatic rings. The van der Waals surface area contributed by atoms with E-state index in [4.69, 9.17) is 8.94 Å². The lowest BCUT2D eigenvalue weighted by Crippen LogP contribution is -2.39. The van der Waals surface area contributed by atoms with Crippen LogP contribution in [0.2, 0.25) is 0 Å². The van der Waals surface area contributed by atoms with E-state index in [2.05, 4.69) is 58.9 Å². The van der Waals surface area contributed by atoms with E-state index in [1.54, 1.807) is 6.26 Å². The van der Waals surface area contributed by atoms with Gasteiger partial charge in [-0.1, -0.05) is 49.3 Å². The van der Waals surface area contributed by atoms with E-state index >= 15 is 0 Å². The minimum Gasteiger partial charge on any atom is -0.469 e. The van der Waals surface area contributed by atoms with Gasteiger partial charge in [-0.05, 0) is 30.0 Å². The average molecular weight is 380 g/mol. The highest BCUT2D eigenvalue weighted by Crippen LogP contribution is 2.14. The number of hydrogen-bond acceptors (Lipinski definition) is 4. The molecule has 1 aromatic carbocycles. The summed E-state index contributed by atoms with van der Waals surface area (Å²) in [5.74, 6) is 2.81. The van der Waals surface area contributed by atoms with Crippen LogP contribution in [0.15, 0.2) is 68.7 Å². The second-order valence-corrected chi connectivity index (χ2v) is 6.96. The highest BCUT2D eigenvalue weighted by Gasteiger charge is 2.08. The number of hydrogen-bond donors (Lipinski definition) is 2. The number of nitrogens with zero attached hydrogens (tertiary/aromatic N) is 2. The van der Waals surface area contributed by atoms with Crippen molar-refractivity contribution in [2.24, 2.45) is 4.99 Å². The number of furan rings is 1. The zero-order valence-corrected chi connectivity index (χ0v) is 16.5.